The fourth-order valence-corrected chi connectivity index (χ4v) is 2.12. The maximum absolute atomic E-state index is 13.6. The van der Waals surface area contributed by atoms with Gasteiger partial charge in [0.25, 0.3) is 5.91 Å². The Balaban J connectivity index is 2.72. The number of nitrogens with one attached hydrogen (secondary N) is 1. The number of amides is 1. The third-order valence-corrected chi connectivity index (χ3v) is 3.27. The average molecular weight is 266 g/mol. The number of benzene rings is 1. The monoisotopic (exact) mass is 266 g/mol. The summed E-state index contributed by atoms with van der Waals surface area (Å²) in [4.78, 5) is 14.1. The minimum atomic E-state index is -0.478. The Morgan fingerprint density at radius 2 is 2.00 bits per heavy atom. The highest BCUT2D eigenvalue weighted by Gasteiger charge is 2.18. The average Bonchev–Trinajstić information content (AvgIpc) is 2.31. The van der Waals surface area contributed by atoms with Gasteiger partial charge in [0.1, 0.15) is 5.82 Å². The molecule has 1 aromatic carbocycles. The number of likely N-dealkylation sites (N-methyl/N-ethyl adjacent to an activating group) is 1. The predicted octanol–water partition coefficient (Wildman–Crippen LogP) is 2.45. The van der Waals surface area contributed by atoms with E-state index in [1.165, 1.54) is 6.07 Å². The van der Waals surface area contributed by atoms with Crippen LogP contribution in [0.5, 0.6) is 0 Å². The van der Waals surface area contributed by atoms with Crippen LogP contribution in [-0.4, -0.2) is 37.5 Å². The lowest BCUT2D eigenvalue weighted by molar-refractivity contribution is 0.0930. The molecule has 1 amide bonds. The van der Waals surface area contributed by atoms with Crippen LogP contribution in [0.3, 0.4) is 0 Å². The smallest absolute Gasteiger partial charge is 0.254 e. The van der Waals surface area contributed by atoms with Crippen molar-refractivity contribution in [3.8, 4) is 0 Å². The predicted molar refractivity (Wildman–Crippen MR) is 75.8 cm³/mol. The number of hydrogen-bond acceptors (Lipinski definition) is 2. The molecule has 0 aliphatic rings. The molecule has 0 saturated heterocycles. The van der Waals surface area contributed by atoms with E-state index in [0.717, 1.165) is 5.56 Å². The Hall–Kier alpha value is -1.42. The van der Waals surface area contributed by atoms with Gasteiger partial charge in [-0.1, -0.05) is 25.5 Å². The molecule has 19 heavy (non-hydrogen) atoms. The van der Waals surface area contributed by atoms with Gasteiger partial charge in [-0.15, -0.1) is 0 Å². The van der Waals surface area contributed by atoms with E-state index in [2.05, 4.69) is 24.1 Å². The lowest BCUT2D eigenvalue weighted by Crippen LogP contribution is -2.43. The van der Waals surface area contributed by atoms with Crippen LogP contribution in [0.1, 0.15) is 29.8 Å². The summed E-state index contributed by atoms with van der Waals surface area (Å²) in [7, 11) is 3.95. The molecule has 0 aliphatic carbocycles. The van der Waals surface area contributed by atoms with Gasteiger partial charge in [-0.2, -0.15) is 0 Å². The van der Waals surface area contributed by atoms with Crippen molar-refractivity contribution in [3.05, 3.63) is 35.1 Å². The third-order valence-electron chi connectivity index (χ3n) is 3.27. The number of nitrogens with zero attached hydrogens (tertiary/aromatic N) is 1. The summed E-state index contributed by atoms with van der Waals surface area (Å²) in [5, 5.41) is 2.81. The van der Waals surface area contributed by atoms with Crippen molar-refractivity contribution < 1.29 is 9.18 Å². The number of hydrogen-bond donors (Lipinski definition) is 1. The molecular weight excluding hydrogens is 243 g/mol. The number of carbonyl (C=O) groups is 1. The Bertz CT molecular complexity index is 436. The standard InChI is InChI=1S/C15H23FN2O/c1-10(2)14(18(4)5)9-17-15(19)12-8-11(3)6-7-13(12)16/h6-8,10,14H,9H2,1-5H3,(H,17,19). The first kappa shape index (κ1) is 15.6. The van der Waals surface area contributed by atoms with Gasteiger partial charge in [0.2, 0.25) is 0 Å². The molecule has 1 atom stereocenters. The van der Waals surface area contributed by atoms with Crippen molar-refractivity contribution in [3.63, 3.8) is 0 Å². The van der Waals surface area contributed by atoms with E-state index in [1.54, 1.807) is 12.1 Å². The SMILES string of the molecule is Cc1ccc(F)c(C(=O)NCC(C(C)C)N(C)C)c1. The van der Waals surface area contributed by atoms with Crippen LogP contribution in [0.2, 0.25) is 0 Å². The zero-order valence-corrected chi connectivity index (χ0v) is 12.3. The van der Waals surface area contributed by atoms with Crippen molar-refractivity contribution in [1.29, 1.82) is 0 Å². The second-order valence-electron chi connectivity index (χ2n) is 5.47. The molecule has 4 heteroatoms. The van der Waals surface area contributed by atoms with Crippen LogP contribution in [0.25, 0.3) is 0 Å². The molecule has 0 spiro atoms. The number of halogens is 1. The molecule has 106 valence electrons. The Labute approximate surface area is 114 Å². The van der Waals surface area contributed by atoms with Crippen molar-refractivity contribution in [2.24, 2.45) is 5.92 Å². The Morgan fingerprint density at radius 3 is 2.53 bits per heavy atom. The fraction of sp³-hybridized carbons (Fsp3) is 0.533. The first-order chi connectivity index (χ1) is 8.82. The van der Waals surface area contributed by atoms with Crippen molar-refractivity contribution in [1.82, 2.24) is 10.2 Å². The van der Waals surface area contributed by atoms with E-state index in [0.29, 0.717) is 12.5 Å². The quantitative estimate of drug-likeness (QED) is 0.888. The summed E-state index contributed by atoms with van der Waals surface area (Å²) in [6.45, 7) is 6.55. The van der Waals surface area contributed by atoms with Crippen molar-refractivity contribution >= 4 is 5.91 Å². The van der Waals surface area contributed by atoms with Gasteiger partial charge in [0, 0.05) is 12.6 Å². The van der Waals surface area contributed by atoms with Gasteiger partial charge in [-0.05, 0) is 39.1 Å². The van der Waals surface area contributed by atoms with Crippen LogP contribution < -0.4 is 5.32 Å². The van der Waals surface area contributed by atoms with Crippen LogP contribution in [0.15, 0.2) is 18.2 Å². The molecule has 0 saturated carbocycles. The molecule has 0 bridgehead atoms. The maximum atomic E-state index is 13.6. The molecule has 0 aliphatic heterocycles. The molecule has 1 rings (SSSR count). The zero-order chi connectivity index (χ0) is 14.6. The minimum absolute atomic E-state index is 0.112. The molecule has 1 aromatic rings. The van der Waals surface area contributed by atoms with Gasteiger partial charge < -0.3 is 10.2 Å². The number of carbonyl (C=O) groups excluding carboxylic acids is 1. The van der Waals surface area contributed by atoms with E-state index in [-0.39, 0.29) is 17.5 Å². The second-order valence-corrected chi connectivity index (χ2v) is 5.47. The lowest BCUT2D eigenvalue weighted by Gasteiger charge is -2.28. The normalized spacial score (nSPS) is 12.8. The first-order valence-corrected chi connectivity index (χ1v) is 6.53. The first-order valence-electron chi connectivity index (χ1n) is 6.53. The summed E-state index contributed by atoms with van der Waals surface area (Å²) in [5.41, 5.74) is 0.987. The largest absolute Gasteiger partial charge is 0.350 e. The van der Waals surface area contributed by atoms with Gasteiger partial charge in [-0.25, -0.2) is 4.39 Å². The van der Waals surface area contributed by atoms with Gasteiger partial charge in [0.05, 0.1) is 5.56 Å². The molecular formula is C15H23FN2O. The van der Waals surface area contributed by atoms with Crippen molar-refractivity contribution in [2.45, 2.75) is 26.8 Å². The highest BCUT2D eigenvalue weighted by molar-refractivity contribution is 5.94. The van der Waals surface area contributed by atoms with Crippen molar-refractivity contribution in [2.75, 3.05) is 20.6 Å². The van der Waals surface area contributed by atoms with Crippen LogP contribution in [-0.2, 0) is 0 Å². The van der Waals surface area contributed by atoms with E-state index < -0.39 is 5.82 Å². The third kappa shape index (κ3) is 4.31. The fourth-order valence-electron chi connectivity index (χ4n) is 2.12. The lowest BCUT2D eigenvalue weighted by atomic mass is 10.0. The van der Waals surface area contributed by atoms with E-state index in [9.17, 15) is 9.18 Å². The topological polar surface area (TPSA) is 32.3 Å². The summed E-state index contributed by atoms with van der Waals surface area (Å²) < 4.78 is 13.6. The molecule has 1 N–H and O–H groups in total. The summed E-state index contributed by atoms with van der Waals surface area (Å²) >= 11 is 0. The van der Waals surface area contributed by atoms with E-state index >= 15 is 0 Å². The minimum Gasteiger partial charge on any atom is -0.350 e. The Morgan fingerprint density at radius 1 is 1.37 bits per heavy atom. The van der Waals surface area contributed by atoms with E-state index in [4.69, 9.17) is 0 Å². The second kappa shape index (κ2) is 6.66. The number of rotatable bonds is 5. The highest BCUT2D eigenvalue weighted by atomic mass is 19.1. The molecule has 3 nitrogen and oxygen atoms in total. The van der Waals surface area contributed by atoms with Crippen LogP contribution in [0.4, 0.5) is 4.39 Å². The maximum Gasteiger partial charge on any atom is 0.254 e. The van der Waals surface area contributed by atoms with Gasteiger partial charge in [0.15, 0.2) is 0 Å². The molecule has 0 heterocycles. The summed E-state index contributed by atoms with van der Waals surface area (Å²) in [5.74, 6) is -0.416. The summed E-state index contributed by atoms with van der Waals surface area (Å²) in [6.07, 6.45) is 0. The highest BCUT2D eigenvalue weighted by Crippen LogP contribution is 2.11. The molecule has 0 radical (unpaired) electrons. The van der Waals surface area contributed by atoms with Crippen LogP contribution in [0, 0.1) is 18.7 Å². The Kier molecular flexibility index (Phi) is 5.48. The number of aryl methyl sites for hydroxylation is 1. The van der Waals surface area contributed by atoms with Gasteiger partial charge >= 0.3 is 0 Å². The van der Waals surface area contributed by atoms with E-state index in [1.807, 2.05) is 21.0 Å². The molecule has 0 aromatic heterocycles. The van der Waals surface area contributed by atoms with Crippen LogP contribution >= 0.6 is 0 Å². The van der Waals surface area contributed by atoms with Gasteiger partial charge in [-0.3, -0.25) is 4.79 Å². The summed E-state index contributed by atoms with van der Waals surface area (Å²) in [6, 6.07) is 4.79. The molecule has 0 fully saturated rings. The zero-order valence-electron chi connectivity index (χ0n) is 12.3. The molecule has 1 unspecified atom stereocenters.